The number of fused-ring (bicyclic) bond motifs is 1. The summed E-state index contributed by atoms with van der Waals surface area (Å²) in [5.74, 6) is 0.0261. The van der Waals surface area contributed by atoms with Gasteiger partial charge in [0.1, 0.15) is 5.69 Å². The van der Waals surface area contributed by atoms with Crippen molar-refractivity contribution in [2.45, 2.75) is 20.4 Å². The highest BCUT2D eigenvalue weighted by molar-refractivity contribution is 6.09. The quantitative estimate of drug-likeness (QED) is 0.677. The average Bonchev–Trinajstić information content (AvgIpc) is 2.87. The van der Waals surface area contributed by atoms with Crippen molar-refractivity contribution in [1.29, 1.82) is 0 Å². The lowest BCUT2D eigenvalue weighted by molar-refractivity contribution is 0.102. The predicted molar refractivity (Wildman–Crippen MR) is 80.0 cm³/mol. The van der Waals surface area contributed by atoms with Gasteiger partial charge in [0.25, 0.3) is 0 Å². The van der Waals surface area contributed by atoms with Gasteiger partial charge in [0.2, 0.25) is 5.78 Å². The second-order valence-corrected chi connectivity index (χ2v) is 4.88. The van der Waals surface area contributed by atoms with Gasteiger partial charge in [-0.1, -0.05) is 36.4 Å². The maximum atomic E-state index is 12.6. The Bertz CT molecular complexity index is 787. The fourth-order valence-corrected chi connectivity index (χ4v) is 2.45. The predicted octanol–water partition coefficient (Wildman–Crippen LogP) is 3.60. The van der Waals surface area contributed by atoms with E-state index in [4.69, 9.17) is 0 Å². The molecule has 0 amide bonds. The standard InChI is InChI=1S/C17H16N2O/c1-3-19-16(10-12(2)18-19)17(20)15-9-8-13-6-4-5-7-14(13)11-15/h4-11H,3H2,1-2H3. The summed E-state index contributed by atoms with van der Waals surface area (Å²) in [6.45, 7) is 4.59. The molecule has 20 heavy (non-hydrogen) atoms. The Labute approximate surface area is 117 Å². The van der Waals surface area contributed by atoms with Gasteiger partial charge < -0.3 is 0 Å². The first-order chi connectivity index (χ1) is 9.69. The topological polar surface area (TPSA) is 34.9 Å². The minimum Gasteiger partial charge on any atom is -0.287 e. The third kappa shape index (κ3) is 2.11. The summed E-state index contributed by atoms with van der Waals surface area (Å²) in [7, 11) is 0. The van der Waals surface area contributed by atoms with Gasteiger partial charge in [-0.3, -0.25) is 9.48 Å². The summed E-state index contributed by atoms with van der Waals surface area (Å²) >= 11 is 0. The molecule has 0 aliphatic heterocycles. The lowest BCUT2D eigenvalue weighted by Crippen LogP contribution is -2.10. The van der Waals surface area contributed by atoms with Gasteiger partial charge in [-0.25, -0.2) is 0 Å². The Morgan fingerprint density at radius 1 is 1.10 bits per heavy atom. The molecule has 0 aliphatic carbocycles. The highest BCUT2D eigenvalue weighted by Crippen LogP contribution is 2.18. The molecule has 1 aromatic heterocycles. The van der Waals surface area contributed by atoms with E-state index in [0.717, 1.165) is 16.5 Å². The summed E-state index contributed by atoms with van der Waals surface area (Å²) in [6.07, 6.45) is 0. The molecule has 0 spiro atoms. The van der Waals surface area contributed by atoms with Gasteiger partial charge in [0.15, 0.2) is 0 Å². The van der Waals surface area contributed by atoms with Crippen LogP contribution >= 0.6 is 0 Å². The highest BCUT2D eigenvalue weighted by atomic mass is 16.1. The van der Waals surface area contributed by atoms with Crippen LogP contribution in [-0.2, 0) is 6.54 Å². The van der Waals surface area contributed by atoms with Crippen LogP contribution in [-0.4, -0.2) is 15.6 Å². The number of rotatable bonds is 3. The molecule has 3 rings (SSSR count). The zero-order valence-electron chi connectivity index (χ0n) is 11.6. The second-order valence-electron chi connectivity index (χ2n) is 4.88. The fourth-order valence-electron chi connectivity index (χ4n) is 2.45. The van der Waals surface area contributed by atoms with E-state index < -0.39 is 0 Å². The first kappa shape index (κ1) is 12.6. The molecule has 0 aliphatic rings. The highest BCUT2D eigenvalue weighted by Gasteiger charge is 2.15. The summed E-state index contributed by atoms with van der Waals surface area (Å²) in [6, 6.07) is 15.7. The molecule has 100 valence electrons. The Hall–Kier alpha value is -2.42. The average molecular weight is 264 g/mol. The normalized spacial score (nSPS) is 10.9. The zero-order valence-corrected chi connectivity index (χ0v) is 11.6. The molecule has 0 fully saturated rings. The first-order valence-electron chi connectivity index (χ1n) is 6.77. The lowest BCUT2D eigenvalue weighted by Gasteiger charge is -2.05. The van der Waals surface area contributed by atoms with Crippen molar-refractivity contribution in [3.05, 3.63) is 65.5 Å². The molecule has 3 nitrogen and oxygen atoms in total. The number of carbonyl (C=O) groups excluding carboxylic acids is 1. The van der Waals surface area contributed by atoms with Crippen molar-refractivity contribution in [2.24, 2.45) is 0 Å². The van der Waals surface area contributed by atoms with Crippen LogP contribution in [0.1, 0.15) is 28.7 Å². The van der Waals surface area contributed by atoms with Gasteiger partial charge in [0, 0.05) is 12.1 Å². The van der Waals surface area contributed by atoms with Crippen molar-refractivity contribution >= 4 is 16.6 Å². The van der Waals surface area contributed by atoms with E-state index in [2.05, 4.69) is 5.10 Å². The van der Waals surface area contributed by atoms with Gasteiger partial charge in [-0.2, -0.15) is 5.10 Å². The van der Waals surface area contributed by atoms with Crippen LogP contribution in [0.4, 0.5) is 0 Å². The van der Waals surface area contributed by atoms with E-state index >= 15 is 0 Å². The van der Waals surface area contributed by atoms with Gasteiger partial charge in [0.05, 0.1) is 5.69 Å². The van der Waals surface area contributed by atoms with E-state index in [-0.39, 0.29) is 5.78 Å². The van der Waals surface area contributed by atoms with Crippen LogP contribution in [0.15, 0.2) is 48.5 Å². The summed E-state index contributed by atoms with van der Waals surface area (Å²) < 4.78 is 1.76. The molecule has 0 unspecified atom stereocenters. The number of hydrogen-bond acceptors (Lipinski definition) is 2. The summed E-state index contributed by atoms with van der Waals surface area (Å²) in [5, 5.41) is 6.56. The molecule has 3 heteroatoms. The van der Waals surface area contributed by atoms with Crippen LogP contribution in [0, 0.1) is 6.92 Å². The lowest BCUT2D eigenvalue weighted by atomic mass is 10.0. The van der Waals surface area contributed by atoms with E-state index in [1.165, 1.54) is 0 Å². The van der Waals surface area contributed by atoms with Crippen LogP contribution in [0.5, 0.6) is 0 Å². The monoisotopic (exact) mass is 264 g/mol. The molecule has 0 atom stereocenters. The molecule has 0 bridgehead atoms. The minimum absolute atomic E-state index is 0.0261. The summed E-state index contributed by atoms with van der Waals surface area (Å²) in [5.41, 5.74) is 2.23. The molecule has 0 radical (unpaired) electrons. The van der Waals surface area contributed by atoms with Crippen molar-refractivity contribution in [3.8, 4) is 0 Å². The molecule has 0 saturated carbocycles. The SMILES string of the molecule is CCn1nc(C)cc1C(=O)c1ccc2ccccc2c1. The van der Waals surface area contributed by atoms with E-state index in [1.807, 2.05) is 62.4 Å². The molecule has 3 aromatic rings. The van der Waals surface area contributed by atoms with Gasteiger partial charge >= 0.3 is 0 Å². The maximum Gasteiger partial charge on any atom is 0.211 e. The van der Waals surface area contributed by atoms with Crippen molar-refractivity contribution in [2.75, 3.05) is 0 Å². The van der Waals surface area contributed by atoms with Crippen molar-refractivity contribution < 1.29 is 4.79 Å². The zero-order chi connectivity index (χ0) is 14.1. The van der Waals surface area contributed by atoms with E-state index in [9.17, 15) is 4.79 Å². The number of carbonyl (C=O) groups is 1. The van der Waals surface area contributed by atoms with Gasteiger partial charge in [-0.05, 0) is 36.8 Å². The molecule has 0 saturated heterocycles. The maximum absolute atomic E-state index is 12.6. The summed E-state index contributed by atoms with van der Waals surface area (Å²) in [4.78, 5) is 12.6. The number of benzene rings is 2. The smallest absolute Gasteiger partial charge is 0.211 e. The van der Waals surface area contributed by atoms with E-state index in [0.29, 0.717) is 17.8 Å². The second kappa shape index (κ2) is 4.93. The third-order valence-corrected chi connectivity index (χ3v) is 3.45. The van der Waals surface area contributed by atoms with Gasteiger partial charge in [-0.15, -0.1) is 0 Å². The number of aryl methyl sites for hydroxylation is 2. The van der Waals surface area contributed by atoms with Crippen LogP contribution in [0.25, 0.3) is 10.8 Å². The Morgan fingerprint density at radius 3 is 2.60 bits per heavy atom. The van der Waals surface area contributed by atoms with Crippen molar-refractivity contribution in [1.82, 2.24) is 9.78 Å². The number of ketones is 1. The minimum atomic E-state index is 0.0261. The van der Waals surface area contributed by atoms with Crippen LogP contribution in [0.3, 0.4) is 0 Å². The number of nitrogens with zero attached hydrogens (tertiary/aromatic N) is 2. The fraction of sp³-hybridized carbons (Fsp3) is 0.176. The number of aromatic nitrogens is 2. The first-order valence-corrected chi connectivity index (χ1v) is 6.77. The van der Waals surface area contributed by atoms with Crippen molar-refractivity contribution in [3.63, 3.8) is 0 Å². The molecular formula is C17H16N2O. The molecule has 2 aromatic carbocycles. The van der Waals surface area contributed by atoms with Crippen LogP contribution in [0.2, 0.25) is 0 Å². The van der Waals surface area contributed by atoms with Crippen LogP contribution < -0.4 is 0 Å². The van der Waals surface area contributed by atoms with E-state index in [1.54, 1.807) is 4.68 Å². The number of hydrogen-bond donors (Lipinski definition) is 0. The molecule has 0 N–H and O–H groups in total. The third-order valence-electron chi connectivity index (χ3n) is 3.45. The Kier molecular flexibility index (Phi) is 3.11. The molecule has 1 heterocycles. The Morgan fingerprint density at radius 2 is 1.85 bits per heavy atom. The Balaban J connectivity index is 2.07. The largest absolute Gasteiger partial charge is 0.287 e. The molecular weight excluding hydrogens is 248 g/mol.